The fourth-order valence-corrected chi connectivity index (χ4v) is 1.33. The van der Waals surface area contributed by atoms with Crippen LogP contribution in [-0.2, 0) is 0 Å². The van der Waals surface area contributed by atoms with Crippen molar-refractivity contribution in [2.75, 3.05) is 6.61 Å². The van der Waals surface area contributed by atoms with E-state index >= 15 is 0 Å². The van der Waals surface area contributed by atoms with Crippen LogP contribution in [0.3, 0.4) is 0 Å². The highest BCUT2D eigenvalue weighted by molar-refractivity contribution is 6.24. The molecule has 0 amide bonds. The van der Waals surface area contributed by atoms with E-state index in [-0.39, 0.29) is 5.41 Å². The number of hydrogen-bond donors (Lipinski definition) is 1. The van der Waals surface area contributed by atoms with Gasteiger partial charge in [-0.15, -0.1) is 0 Å². The van der Waals surface area contributed by atoms with E-state index in [0.29, 0.717) is 6.61 Å². The highest BCUT2D eigenvalue weighted by Gasteiger charge is 2.14. The standard InChI is InChI=1S/C10H13B.C8H18O.C2H6/c1-4-6-8-9(3)10(11)7-5-2;1-4-5-6-8(2,3)7-9;1-2/h4-8H,2H2,1,3H3;9H,4-7H2,1-3H3;1-2H3/b6-4-,9-8-,10-7+;;. The topological polar surface area (TPSA) is 20.2 Å². The van der Waals surface area contributed by atoms with E-state index in [2.05, 4.69) is 27.4 Å². The predicted molar refractivity (Wildman–Crippen MR) is 104 cm³/mol. The Labute approximate surface area is 141 Å². The Morgan fingerprint density at radius 3 is 2.14 bits per heavy atom. The van der Waals surface area contributed by atoms with Crippen LogP contribution < -0.4 is 0 Å². The van der Waals surface area contributed by atoms with Crippen molar-refractivity contribution in [1.82, 2.24) is 0 Å². The van der Waals surface area contributed by atoms with Crippen LogP contribution in [0.15, 0.2) is 48.0 Å². The van der Waals surface area contributed by atoms with Crippen molar-refractivity contribution in [2.45, 2.75) is 67.7 Å². The smallest absolute Gasteiger partial charge is 0.114 e. The highest BCUT2D eigenvalue weighted by atomic mass is 16.3. The summed E-state index contributed by atoms with van der Waals surface area (Å²) < 4.78 is 0. The summed E-state index contributed by atoms with van der Waals surface area (Å²) in [6, 6.07) is 0. The first-order valence-corrected chi connectivity index (χ1v) is 8.33. The first-order chi connectivity index (χ1) is 10.3. The molecule has 0 unspecified atom stereocenters. The molecule has 0 fully saturated rings. The molecule has 1 N–H and O–H groups in total. The molecule has 0 aromatic carbocycles. The maximum Gasteiger partial charge on any atom is 0.114 e. The Kier molecular flexibility index (Phi) is 21.2. The van der Waals surface area contributed by atoms with Crippen molar-refractivity contribution in [3.63, 3.8) is 0 Å². The van der Waals surface area contributed by atoms with E-state index in [1.165, 1.54) is 12.8 Å². The summed E-state index contributed by atoms with van der Waals surface area (Å²) in [5.41, 5.74) is 1.97. The van der Waals surface area contributed by atoms with Crippen LogP contribution in [0.5, 0.6) is 0 Å². The number of rotatable bonds is 7. The van der Waals surface area contributed by atoms with Crippen LogP contribution in [0.25, 0.3) is 0 Å². The number of unbranched alkanes of at least 4 members (excludes halogenated alkanes) is 1. The van der Waals surface area contributed by atoms with Gasteiger partial charge in [-0.3, -0.25) is 0 Å². The van der Waals surface area contributed by atoms with Gasteiger partial charge >= 0.3 is 0 Å². The van der Waals surface area contributed by atoms with Crippen LogP contribution in [0.1, 0.15) is 67.7 Å². The third-order valence-corrected chi connectivity index (χ3v) is 2.93. The summed E-state index contributed by atoms with van der Waals surface area (Å²) in [7, 11) is 5.66. The molecule has 0 saturated heterocycles. The van der Waals surface area contributed by atoms with Crippen LogP contribution >= 0.6 is 0 Å². The molecule has 0 saturated carbocycles. The molecule has 0 aromatic heterocycles. The van der Waals surface area contributed by atoms with E-state index < -0.39 is 0 Å². The number of hydrogen-bond acceptors (Lipinski definition) is 1. The fraction of sp³-hybridized carbons (Fsp3) is 0.600. The zero-order valence-corrected chi connectivity index (χ0v) is 15.9. The lowest BCUT2D eigenvalue weighted by molar-refractivity contribution is 0.148. The molecule has 0 aliphatic heterocycles. The summed E-state index contributed by atoms with van der Waals surface area (Å²) in [5, 5.41) is 8.82. The number of allylic oxidation sites excluding steroid dienone is 7. The minimum Gasteiger partial charge on any atom is -0.396 e. The molecule has 2 radical (unpaired) electrons. The van der Waals surface area contributed by atoms with Crippen molar-refractivity contribution >= 4 is 7.85 Å². The lowest BCUT2D eigenvalue weighted by Crippen LogP contribution is -2.15. The van der Waals surface area contributed by atoms with Gasteiger partial charge in [-0.2, -0.15) is 0 Å². The normalized spacial score (nSPS) is 12.2. The maximum atomic E-state index is 8.82. The van der Waals surface area contributed by atoms with Gasteiger partial charge in [0.2, 0.25) is 0 Å². The first kappa shape index (κ1) is 25.9. The van der Waals surface area contributed by atoms with Crippen LogP contribution in [0.2, 0.25) is 0 Å². The van der Waals surface area contributed by atoms with E-state index in [0.717, 1.165) is 17.5 Å². The Hall–Kier alpha value is -1.02. The Morgan fingerprint density at radius 1 is 1.23 bits per heavy atom. The predicted octanol–water partition coefficient (Wildman–Crippen LogP) is 5.97. The Morgan fingerprint density at radius 2 is 1.77 bits per heavy atom. The summed E-state index contributed by atoms with van der Waals surface area (Å²) in [6.07, 6.45) is 13.0. The summed E-state index contributed by atoms with van der Waals surface area (Å²) in [6.45, 7) is 18.2. The van der Waals surface area contributed by atoms with Crippen LogP contribution in [0.4, 0.5) is 0 Å². The second-order valence-electron chi connectivity index (χ2n) is 5.66. The number of aliphatic hydroxyl groups is 1. The zero-order valence-electron chi connectivity index (χ0n) is 15.9. The molecule has 0 bridgehead atoms. The van der Waals surface area contributed by atoms with E-state index in [1.807, 2.05) is 45.9 Å². The van der Waals surface area contributed by atoms with Crippen LogP contribution in [0, 0.1) is 5.41 Å². The molecule has 0 aliphatic rings. The minimum absolute atomic E-state index is 0.149. The van der Waals surface area contributed by atoms with Crippen molar-refractivity contribution < 1.29 is 5.11 Å². The van der Waals surface area contributed by atoms with Crippen LogP contribution in [-0.4, -0.2) is 19.6 Å². The number of aliphatic hydroxyl groups excluding tert-OH is 1. The SMILES string of the molecule is CC.CCCCC(C)(C)CO.[B]C(=C/C=C)/C(C)=C\C=C/C. The quantitative estimate of drug-likeness (QED) is 0.454. The summed E-state index contributed by atoms with van der Waals surface area (Å²) in [4.78, 5) is 0. The van der Waals surface area contributed by atoms with Crippen molar-refractivity contribution in [3.8, 4) is 0 Å². The van der Waals surface area contributed by atoms with Crippen molar-refractivity contribution in [2.24, 2.45) is 5.41 Å². The van der Waals surface area contributed by atoms with Gasteiger partial charge < -0.3 is 5.11 Å². The maximum absolute atomic E-state index is 8.82. The lowest BCUT2D eigenvalue weighted by atomic mass is 9.88. The molecule has 0 aromatic rings. The van der Waals surface area contributed by atoms with Gasteiger partial charge in [-0.25, -0.2) is 0 Å². The molecule has 22 heavy (non-hydrogen) atoms. The molecule has 1 nitrogen and oxygen atoms in total. The Balaban J connectivity index is -0.000000299. The summed E-state index contributed by atoms with van der Waals surface area (Å²) in [5.74, 6) is 0. The second kappa shape index (κ2) is 18.0. The molecule has 0 aliphatic carbocycles. The molecular formula is C20H37BO. The Bertz CT molecular complexity index is 336. The fourth-order valence-electron chi connectivity index (χ4n) is 1.33. The first-order valence-electron chi connectivity index (χ1n) is 8.33. The van der Waals surface area contributed by atoms with Crippen molar-refractivity contribution in [3.05, 3.63) is 48.0 Å². The van der Waals surface area contributed by atoms with E-state index in [4.69, 9.17) is 13.0 Å². The van der Waals surface area contributed by atoms with Gasteiger partial charge in [0.25, 0.3) is 0 Å². The average Bonchev–Trinajstić information content (AvgIpc) is 2.53. The lowest BCUT2D eigenvalue weighted by Gasteiger charge is -2.20. The van der Waals surface area contributed by atoms with Gasteiger partial charge in [-0.1, -0.05) is 95.5 Å². The van der Waals surface area contributed by atoms with Gasteiger partial charge in [0.1, 0.15) is 7.85 Å². The van der Waals surface area contributed by atoms with Crippen molar-refractivity contribution in [1.29, 1.82) is 0 Å². The molecule has 126 valence electrons. The zero-order chi connectivity index (χ0) is 18.0. The van der Waals surface area contributed by atoms with Gasteiger partial charge in [0, 0.05) is 6.61 Å². The largest absolute Gasteiger partial charge is 0.396 e. The van der Waals surface area contributed by atoms with Gasteiger partial charge in [0.05, 0.1) is 0 Å². The molecule has 2 heteroatoms. The van der Waals surface area contributed by atoms with Gasteiger partial charge in [0.15, 0.2) is 0 Å². The summed E-state index contributed by atoms with van der Waals surface area (Å²) >= 11 is 0. The third kappa shape index (κ3) is 19.0. The molecule has 0 atom stereocenters. The minimum atomic E-state index is 0.149. The van der Waals surface area contributed by atoms with E-state index in [9.17, 15) is 0 Å². The third-order valence-electron chi connectivity index (χ3n) is 2.93. The average molecular weight is 304 g/mol. The van der Waals surface area contributed by atoms with Gasteiger partial charge in [-0.05, 0) is 25.7 Å². The second-order valence-corrected chi connectivity index (χ2v) is 5.66. The molecule has 0 spiro atoms. The molecular weight excluding hydrogens is 267 g/mol. The molecule has 0 heterocycles. The monoisotopic (exact) mass is 304 g/mol. The molecule has 0 rings (SSSR count). The highest BCUT2D eigenvalue weighted by Crippen LogP contribution is 2.21. The van der Waals surface area contributed by atoms with E-state index in [1.54, 1.807) is 12.2 Å².